The Balaban J connectivity index is 1.99. The van der Waals surface area contributed by atoms with Gasteiger partial charge in [0, 0.05) is 19.3 Å². The van der Waals surface area contributed by atoms with Crippen molar-refractivity contribution in [2.24, 2.45) is 0 Å². The SMILES string of the molecule is CN(C)CCNC(=O)c1nc(-c2ccccn2)no1. The third-order valence-electron chi connectivity index (χ3n) is 2.36. The summed E-state index contributed by atoms with van der Waals surface area (Å²) in [6.07, 6.45) is 1.63. The molecule has 0 aromatic carbocycles. The van der Waals surface area contributed by atoms with Crippen molar-refractivity contribution in [3.63, 3.8) is 0 Å². The molecule has 19 heavy (non-hydrogen) atoms. The number of pyridine rings is 1. The first-order valence-electron chi connectivity index (χ1n) is 5.85. The molecule has 2 rings (SSSR count). The molecule has 0 saturated heterocycles. The van der Waals surface area contributed by atoms with E-state index in [-0.39, 0.29) is 11.8 Å². The summed E-state index contributed by atoms with van der Waals surface area (Å²) in [4.78, 5) is 21.8. The van der Waals surface area contributed by atoms with Crippen LogP contribution in [0.15, 0.2) is 28.9 Å². The van der Waals surface area contributed by atoms with Gasteiger partial charge in [0.25, 0.3) is 0 Å². The monoisotopic (exact) mass is 261 g/mol. The molecule has 0 atom stereocenters. The van der Waals surface area contributed by atoms with Crippen LogP contribution in [-0.2, 0) is 0 Å². The summed E-state index contributed by atoms with van der Waals surface area (Å²) < 4.78 is 4.91. The summed E-state index contributed by atoms with van der Waals surface area (Å²) in [5.74, 6) is -0.130. The standard InChI is InChI=1S/C12H15N5O2/c1-17(2)8-7-14-11(18)12-15-10(16-19-12)9-5-3-4-6-13-9/h3-6H,7-8H2,1-2H3,(H,14,18). The van der Waals surface area contributed by atoms with E-state index in [0.717, 1.165) is 6.54 Å². The lowest BCUT2D eigenvalue weighted by Gasteiger charge is -2.08. The minimum absolute atomic E-state index is 0.0561. The predicted molar refractivity (Wildman–Crippen MR) is 68.4 cm³/mol. The zero-order valence-corrected chi connectivity index (χ0v) is 10.8. The molecule has 0 bridgehead atoms. The predicted octanol–water partition coefficient (Wildman–Crippen LogP) is 0.423. The molecule has 2 aromatic heterocycles. The lowest BCUT2D eigenvalue weighted by Crippen LogP contribution is -2.31. The normalized spacial score (nSPS) is 10.7. The second-order valence-electron chi connectivity index (χ2n) is 4.20. The maximum atomic E-state index is 11.7. The Labute approximate surface area is 110 Å². The number of aromatic nitrogens is 3. The van der Waals surface area contributed by atoms with Crippen LogP contribution in [0.1, 0.15) is 10.7 Å². The zero-order chi connectivity index (χ0) is 13.7. The number of amides is 1. The number of carbonyl (C=O) groups is 1. The van der Waals surface area contributed by atoms with E-state index >= 15 is 0 Å². The molecular formula is C12H15N5O2. The van der Waals surface area contributed by atoms with Gasteiger partial charge < -0.3 is 14.7 Å². The summed E-state index contributed by atoms with van der Waals surface area (Å²) >= 11 is 0. The van der Waals surface area contributed by atoms with E-state index in [1.807, 2.05) is 25.1 Å². The van der Waals surface area contributed by atoms with Gasteiger partial charge in [0.2, 0.25) is 5.82 Å². The van der Waals surface area contributed by atoms with Crippen LogP contribution in [0.25, 0.3) is 11.5 Å². The van der Waals surface area contributed by atoms with Crippen molar-refractivity contribution < 1.29 is 9.32 Å². The Morgan fingerprint density at radius 1 is 1.42 bits per heavy atom. The van der Waals surface area contributed by atoms with Crippen molar-refractivity contribution in [2.75, 3.05) is 27.2 Å². The van der Waals surface area contributed by atoms with Crippen LogP contribution in [-0.4, -0.2) is 53.1 Å². The Kier molecular flexibility index (Phi) is 4.19. The van der Waals surface area contributed by atoms with E-state index in [9.17, 15) is 4.79 Å². The molecule has 0 unspecified atom stereocenters. The summed E-state index contributed by atoms with van der Waals surface area (Å²) in [5, 5.41) is 6.43. The maximum Gasteiger partial charge on any atom is 0.316 e. The lowest BCUT2D eigenvalue weighted by atomic mass is 10.3. The maximum absolute atomic E-state index is 11.7. The minimum Gasteiger partial charge on any atom is -0.347 e. The van der Waals surface area contributed by atoms with Gasteiger partial charge >= 0.3 is 11.8 Å². The molecule has 1 amide bonds. The Hall–Kier alpha value is -2.28. The molecule has 0 spiro atoms. The van der Waals surface area contributed by atoms with Crippen LogP contribution in [0, 0.1) is 0 Å². The second-order valence-corrected chi connectivity index (χ2v) is 4.20. The fraction of sp³-hybridized carbons (Fsp3) is 0.333. The highest BCUT2D eigenvalue weighted by Gasteiger charge is 2.15. The minimum atomic E-state index is -0.378. The van der Waals surface area contributed by atoms with E-state index in [4.69, 9.17) is 4.52 Å². The average molecular weight is 261 g/mol. The van der Waals surface area contributed by atoms with E-state index < -0.39 is 0 Å². The molecule has 7 nitrogen and oxygen atoms in total. The van der Waals surface area contributed by atoms with E-state index in [1.54, 1.807) is 18.3 Å². The number of nitrogens with zero attached hydrogens (tertiary/aromatic N) is 4. The Bertz CT molecular complexity index is 538. The van der Waals surface area contributed by atoms with Crippen molar-refractivity contribution in [3.8, 4) is 11.5 Å². The van der Waals surface area contributed by atoms with Crippen LogP contribution in [0.2, 0.25) is 0 Å². The summed E-state index contributed by atoms with van der Waals surface area (Å²) in [6, 6.07) is 5.35. The van der Waals surface area contributed by atoms with Crippen molar-refractivity contribution in [1.29, 1.82) is 0 Å². The number of nitrogens with one attached hydrogen (secondary N) is 1. The summed E-state index contributed by atoms with van der Waals surface area (Å²) in [5.41, 5.74) is 0.568. The zero-order valence-electron chi connectivity index (χ0n) is 10.8. The van der Waals surface area contributed by atoms with Gasteiger partial charge in [0.05, 0.1) is 0 Å². The van der Waals surface area contributed by atoms with Gasteiger partial charge in [-0.25, -0.2) is 0 Å². The number of carbonyl (C=O) groups excluding carboxylic acids is 1. The van der Waals surface area contributed by atoms with E-state index in [2.05, 4.69) is 20.4 Å². The van der Waals surface area contributed by atoms with Crippen molar-refractivity contribution in [3.05, 3.63) is 30.3 Å². The molecular weight excluding hydrogens is 246 g/mol. The first-order valence-corrected chi connectivity index (χ1v) is 5.85. The number of likely N-dealkylation sites (N-methyl/N-ethyl adjacent to an activating group) is 1. The first kappa shape index (κ1) is 13.2. The summed E-state index contributed by atoms with van der Waals surface area (Å²) in [7, 11) is 3.86. The molecule has 100 valence electrons. The van der Waals surface area contributed by atoms with Crippen molar-refractivity contribution in [1.82, 2.24) is 25.3 Å². The summed E-state index contributed by atoms with van der Waals surface area (Å²) in [6.45, 7) is 1.26. The molecule has 0 saturated carbocycles. The highest BCUT2D eigenvalue weighted by Crippen LogP contribution is 2.11. The van der Waals surface area contributed by atoms with E-state index in [0.29, 0.717) is 18.1 Å². The number of hydrogen-bond acceptors (Lipinski definition) is 6. The molecule has 0 fully saturated rings. The largest absolute Gasteiger partial charge is 0.347 e. The molecule has 2 aromatic rings. The van der Waals surface area contributed by atoms with Crippen molar-refractivity contribution in [2.45, 2.75) is 0 Å². The van der Waals surface area contributed by atoms with Crippen molar-refractivity contribution >= 4 is 5.91 Å². The average Bonchev–Trinajstić information content (AvgIpc) is 2.89. The van der Waals surface area contributed by atoms with Gasteiger partial charge in [0.1, 0.15) is 5.69 Å². The van der Waals surface area contributed by atoms with Gasteiger partial charge in [0.15, 0.2) is 0 Å². The Morgan fingerprint density at radius 2 is 2.26 bits per heavy atom. The highest BCUT2D eigenvalue weighted by atomic mass is 16.5. The quantitative estimate of drug-likeness (QED) is 0.840. The fourth-order valence-corrected chi connectivity index (χ4v) is 1.38. The molecule has 1 N–H and O–H groups in total. The highest BCUT2D eigenvalue weighted by molar-refractivity contribution is 5.89. The number of rotatable bonds is 5. The van der Waals surface area contributed by atoms with Crippen LogP contribution < -0.4 is 5.32 Å². The second kappa shape index (κ2) is 6.05. The molecule has 7 heteroatoms. The van der Waals surface area contributed by atoms with Gasteiger partial charge in [-0.2, -0.15) is 4.98 Å². The molecule has 0 aliphatic carbocycles. The van der Waals surface area contributed by atoms with E-state index in [1.165, 1.54) is 0 Å². The molecule has 0 aliphatic heterocycles. The fourth-order valence-electron chi connectivity index (χ4n) is 1.38. The van der Waals surface area contributed by atoms with Gasteiger partial charge in [-0.3, -0.25) is 9.78 Å². The van der Waals surface area contributed by atoms with Crippen LogP contribution >= 0.6 is 0 Å². The van der Waals surface area contributed by atoms with Gasteiger partial charge in [-0.1, -0.05) is 11.2 Å². The molecule has 0 radical (unpaired) electrons. The van der Waals surface area contributed by atoms with Crippen LogP contribution in [0.5, 0.6) is 0 Å². The Morgan fingerprint density at radius 3 is 2.95 bits per heavy atom. The van der Waals surface area contributed by atoms with Gasteiger partial charge in [-0.05, 0) is 26.2 Å². The topological polar surface area (TPSA) is 84.2 Å². The third kappa shape index (κ3) is 3.59. The third-order valence-corrected chi connectivity index (χ3v) is 2.36. The molecule has 0 aliphatic rings. The first-order chi connectivity index (χ1) is 9.16. The lowest BCUT2D eigenvalue weighted by molar-refractivity contribution is 0.0907. The number of hydrogen-bond donors (Lipinski definition) is 1. The van der Waals surface area contributed by atoms with Crippen LogP contribution in [0.3, 0.4) is 0 Å². The van der Waals surface area contributed by atoms with Gasteiger partial charge in [-0.15, -0.1) is 0 Å². The van der Waals surface area contributed by atoms with Crippen LogP contribution in [0.4, 0.5) is 0 Å². The smallest absolute Gasteiger partial charge is 0.316 e. The molecule has 2 heterocycles.